The third kappa shape index (κ3) is 6.07. The Morgan fingerprint density at radius 2 is 1.67 bits per heavy atom. The molecule has 0 aliphatic rings. The molecule has 0 spiro atoms. The molecule has 170 valence electrons. The molecule has 1 atom stereocenters. The van der Waals surface area contributed by atoms with Crippen molar-refractivity contribution in [1.29, 1.82) is 5.41 Å². The number of rotatable bonds is 9. The summed E-state index contributed by atoms with van der Waals surface area (Å²) in [6.07, 6.45) is 2.03. The Kier molecular flexibility index (Phi) is 7.59. The fraction of sp³-hybridized carbons (Fsp3) is 0.167. The van der Waals surface area contributed by atoms with E-state index in [9.17, 15) is 19.5 Å². The summed E-state index contributed by atoms with van der Waals surface area (Å²) in [5, 5.41) is 21.5. The maximum Gasteiger partial charge on any atom is 0.326 e. The second kappa shape index (κ2) is 10.8. The van der Waals surface area contributed by atoms with Gasteiger partial charge in [-0.2, -0.15) is 0 Å². The van der Waals surface area contributed by atoms with Gasteiger partial charge in [0.05, 0.1) is 0 Å². The molecular formula is C24H25N5O4. The molecule has 0 aliphatic heterocycles. The van der Waals surface area contributed by atoms with E-state index in [1.807, 2.05) is 42.5 Å². The summed E-state index contributed by atoms with van der Waals surface area (Å²) in [5.41, 5.74) is 7.10. The Hall–Kier alpha value is -4.40. The molecule has 3 rings (SSSR count). The summed E-state index contributed by atoms with van der Waals surface area (Å²) < 4.78 is 1.34. The number of carboxylic acids is 1. The number of carboxylic acid groups (broad SMARTS) is 1. The van der Waals surface area contributed by atoms with Gasteiger partial charge in [-0.3, -0.25) is 19.6 Å². The van der Waals surface area contributed by atoms with Gasteiger partial charge in [0.1, 0.15) is 11.6 Å². The molecule has 1 amide bonds. The standard InChI is InChI=1S/C24H25N5O4/c25-24(26)27-14-4-9-20(23(32)33)28-21(30)19-8-5-15-29(22(19)31)18-12-10-17(11-13-18)16-6-2-1-3-7-16/h1-3,5-8,10-13,15,20H,4,9,14H2,(H,28,30)(H,32,33)(H4,25,26,27)/t20-/m0/s1. The van der Waals surface area contributed by atoms with Gasteiger partial charge in [0.15, 0.2) is 5.96 Å². The van der Waals surface area contributed by atoms with Crippen LogP contribution in [0.15, 0.2) is 77.7 Å². The van der Waals surface area contributed by atoms with E-state index in [4.69, 9.17) is 11.1 Å². The average molecular weight is 447 g/mol. The lowest BCUT2D eigenvalue weighted by Crippen LogP contribution is -2.43. The lowest BCUT2D eigenvalue weighted by Gasteiger charge is -2.15. The maximum absolute atomic E-state index is 13.0. The van der Waals surface area contributed by atoms with Crippen LogP contribution in [0.3, 0.4) is 0 Å². The Balaban J connectivity index is 1.76. The molecule has 0 bridgehead atoms. The van der Waals surface area contributed by atoms with E-state index >= 15 is 0 Å². The normalized spacial score (nSPS) is 11.4. The fourth-order valence-electron chi connectivity index (χ4n) is 3.34. The van der Waals surface area contributed by atoms with Crippen LogP contribution in [-0.2, 0) is 4.79 Å². The third-order valence-corrected chi connectivity index (χ3v) is 5.03. The highest BCUT2D eigenvalue weighted by atomic mass is 16.4. The number of aromatic nitrogens is 1. The summed E-state index contributed by atoms with van der Waals surface area (Å²) in [6.45, 7) is 0.298. The Morgan fingerprint density at radius 1 is 1.00 bits per heavy atom. The van der Waals surface area contributed by atoms with E-state index < -0.39 is 23.5 Å². The van der Waals surface area contributed by atoms with E-state index in [-0.39, 0.29) is 17.9 Å². The summed E-state index contributed by atoms with van der Waals surface area (Å²) in [6, 6.07) is 18.9. The monoisotopic (exact) mass is 447 g/mol. The first-order valence-corrected chi connectivity index (χ1v) is 10.4. The first-order chi connectivity index (χ1) is 15.9. The minimum atomic E-state index is -1.21. The number of carbonyl (C=O) groups excluding carboxylic acids is 1. The van der Waals surface area contributed by atoms with Crippen LogP contribution >= 0.6 is 0 Å². The average Bonchev–Trinajstić information content (AvgIpc) is 2.81. The highest BCUT2D eigenvalue weighted by Crippen LogP contribution is 2.20. The molecule has 6 N–H and O–H groups in total. The number of amides is 1. The zero-order valence-corrected chi connectivity index (χ0v) is 17.8. The predicted molar refractivity (Wildman–Crippen MR) is 126 cm³/mol. The van der Waals surface area contributed by atoms with Gasteiger partial charge in [-0.25, -0.2) is 4.79 Å². The van der Waals surface area contributed by atoms with Crippen molar-refractivity contribution < 1.29 is 14.7 Å². The first-order valence-electron chi connectivity index (χ1n) is 10.4. The van der Waals surface area contributed by atoms with Crippen LogP contribution in [0.4, 0.5) is 0 Å². The van der Waals surface area contributed by atoms with Crippen molar-refractivity contribution in [3.05, 3.63) is 88.8 Å². The lowest BCUT2D eigenvalue weighted by atomic mass is 10.1. The van der Waals surface area contributed by atoms with Gasteiger partial charge >= 0.3 is 5.97 Å². The lowest BCUT2D eigenvalue weighted by molar-refractivity contribution is -0.139. The minimum absolute atomic E-state index is 0.114. The van der Waals surface area contributed by atoms with Crippen LogP contribution < -0.4 is 21.9 Å². The number of nitrogens with one attached hydrogen (secondary N) is 3. The van der Waals surface area contributed by atoms with Crippen molar-refractivity contribution in [2.24, 2.45) is 5.73 Å². The molecule has 0 saturated heterocycles. The highest BCUT2D eigenvalue weighted by Gasteiger charge is 2.22. The summed E-state index contributed by atoms with van der Waals surface area (Å²) in [7, 11) is 0. The zero-order chi connectivity index (χ0) is 23.8. The van der Waals surface area contributed by atoms with Gasteiger partial charge in [-0.1, -0.05) is 42.5 Å². The molecule has 0 fully saturated rings. The Morgan fingerprint density at radius 3 is 2.30 bits per heavy atom. The minimum Gasteiger partial charge on any atom is -0.480 e. The molecule has 9 nitrogen and oxygen atoms in total. The van der Waals surface area contributed by atoms with Gasteiger partial charge < -0.3 is 21.5 Å². The van der Waals surface area contributed by atoms with E-state index in [1.54, 1.807) is 24.4 Å². The van der Waals surface area contributed by atoms with Crippen molar-refractivity contribution >= 4 is 17.8 Å². The molecule has 9 heteroatoms. The summed E-state index contributed by atoms with van der Waals surface area (Å²) in [5.74, 6) is -2.19. The summed E-state index contributed by atoms with van der Waals surface area (Å²) >= 11 is 0. The second-order valence-electron chi connectivity index (χ2n) is 7.36. The van der Waals surface area contributed by atoms with Crippen molar-refractivity contribution in [2.45, 2.75) is 18.9 Å². The predicted octanol–water partition coefficient (Wildman–Crippen LogP) is 1.95. The zero-order valence-electron chi connectivity index (χ0n) is 17.8. The quantitative estimate of drug-likeness (QED) is 0.192. The van der Waals surface area contributed by atoms with Crippen LogP contribution in [0.1, 0.15) is 23.2 Å². The maximum atomic E-state index is 13.0. The van der Waals surface area contributed by atoms with Crippen molar-refractivity contribution in [2.75, 3.05) is 6.54 Å². The smallest absolute Gasteiger partial charge is 0.326 e. The van der Waals surface area contributed by atoms with E-state index in [0.29, 0.717) is 18.7 Å². The molecule has 0 radical (unpaired) electrons. The SMILES string of the molecule is N=C(N)NCCC[C@H](NC(=O)c1cccn(-c2ccc(-c3ccccc3)cc2)c1=O)C(=O)O. The van der Waals surface area contributed by atoms with Crippen LogP contribution in [0.25, 0.3) is 16.8 Å². The van der Waals surface area contributed by atoms with Crippen molar-refractivity contribution in [3.63, 3.8) is 0 Å². The highest BCUT2D eigenvalue weighted by molar-refractivity contribution is 5.96. The molecule has 0 saturated carbocycles. The van der Waals surface area contributed by atoms with Crippen molar-refractivity contribution in [1.82, 2.24) is 15.2 Å². The van der Waals surface area contributed by atoms with Gasteiger partial charge in [0.2, 0.25) is 0 Å². The largest absolute Gasteiger partial charge is 0.480 e. The van der Waals surface area contributed by atoms with Crippen LogP contribution in [0.5, 0.6) is 0 Å². The molecule has 33 heavy (non-hydrogen) atoms. The molecule has 1 aromatic heterocycles. The number of nitrogens with zero attached hydrogens (tertiary/aromatic N) is 1. The second-order valence-corrected chi connectivity index (χ2v) is 7.36. The van der Waals surface area contributed by atoms with Crippen LogP contribution in [0, 0.1) is 5.41 Å². The molecule has 3 aromatic rings. The number of aliphatic carboxylic acids is 1. The number of hydrogen-bond acceptors (Lipinski definition) is 4. The van der Waals surface area contributed by atoms with E-state index in [1.165, 1.54) is 10.6 Å². The molecule has 0 aliphatic carbocycles. The molecule has 1 heterocycles. The van der Waals surface area contributed by atoms with E-state index in [2.05, 4.69) is 10.6 Å². The van der Waals surface area contributed by atoms with Gasteiger partial charge in [-0.05, 0) is 48.2 Å². The topological polar surface area (TPSA) is 150 Å². The first kappa shape index (κ1) is 23.3. The molecule has 2 aromatic carbocycles. The number of hydrogen-bond donors (Lipinski definition) is 5. The van der Waals surface area contributed by atoms with E-state index in [0.717, 1.165) is 11.1 Å². The Labute approximate surface area is 190 Å². The molecular weight excluding hydrogens is 422 g/mol. The Bertz CT molecular complexity index is 1190. The number of benzene rings is 2. The fourth-order valence-corrected chi connectivity index (χ4v) is 3.34. The van der Waals surface area contributed by atoms with Crippen molar-refractivity contribution in [3.8, 4) is 16.8 Å². The number of guanidine groups is 1. The number of pyridine rings is 1. The number of carbonyl (C=O) groups is 2. The van der Waals surface area contributed by atoms with Gasteiger partial charge in [0.25, 0.3) is 11.5 Å². The van der Waals surface area contributed by atoms with Crippen LogP contribution in [-0.4, -0.2) is 40.1 Å². The van der Waals surface area contributed by atoms with Gasteiger partial charge in [-0.15, -0.1) is 0 Å². The number of nitrogens with two attached hydrogens (primary N) is 1. The third-order valence-electron chi connectivity index (χ3n) is 5.03. The summed E-state index contributed by atoms with van der Waals surface area (Å²) in [4.78, 5) is 37.2. The van der Waals surface area contributed by atoms with Gasteiger partial charge in [0, 0.05) is 18.4 Å². The molecule has 0 unspecified atom stereocenters. The van der Waals surface area contributed by atoms with Crippen LogP contribution in [0.2, 0.25) is 0 Å².